The van der Waals surface area contributed by atoms with Gasteiger partial charge in [-0.1, -0.05) is 24.3 Å². The molecule has 0 aliphatic carbocycles. The van der Waals surface area contributed by atoms with Gasteiger partial charge in [-0.15, -0.1) is 0 Å². The van der Waals surface area contributed by atoms with E-state index in [1.165, 1.54) is 12.1 Å². The quantitative estimate of drug-likeness (QED) is 0.630. The number of fused-ring (bicyclic) bond motifs is 3. The third-order valence-electron chi connectivity index (χ3n) is 7.06. The van der Waals surface area contributed by atoms with E-state index in [-0.39, 0.29) is 41.6 Å². The highest BCUT2D eigenvalue weighted by atomic mass is 32.2. The molecule has 1 saturated heterocycles. The molecule has 2 aliphatic rings. The van der Waals surface area contributed by atoms with E-state index in [0.717, 1.165) is 11.8 Å². The second-order valence-corrected chi connectivity index (χ2v) is 11.2. The predicted molar refractivity (Wildman–Crippen MR) is 128 cm³/mol. The van der Waals surface area contributed by atoms with Crippen LogP contribution in [0.2, 0.25) is 0 Å². The molecule has 9 heteroatoms. The summed E-state index contributed by atoms with van der Waals surface area (Å²) in [6.45, 7) is 3.94. The zero-order chi connectivity index (χ0) is 24.8. The fourth-order valence-corrected chi connectivity index (χ4v) is 5.49. The van der Waals surface area contributed by atoms with Crippen molar-refractivity contribution in [3.8, 4) is 0 Å². The molecule has 0 bridgehead atoms. The summed E-state index contributed by atoms with van der Waals surface area (Å²) in [5.41, 5.74) is 1.11. The summed E-state index contributed by atoms with van der Waals surface area (Å²) in [7, 11) is -1.60. The van der Waals surface area contributed by atoms with Crippen LogP contribution in [0.1, 0.15) is 55.1 Å². The van der Waals surface area contributed by atoms with E-state index in [9.17, 15) is 22.8 Å². The van der Waals surface area contributed by atoms with Crippen LogP contribution in [0.5, 0.6) is 0 Å². The van der Waals surface area contributed by atoms with Crippen molar-refractivity contribution < 1.29 is 22.8 Å². The molecule has 2 atom stereocenters. The Hall–Kier alpha value is -3.20. The number of amides is 3. The van der Waals surface area contributed by atoms with Gasteiger partial charge in [-0.25, -0.2) is 8.42 Å². The summed E-state index contributed by atoms with van der Waals surface area (Å²) in [6.07, 6.45) is 2.12. The normalized spacial score (nSPS) is 20.7. The maximum atomic E-state index is 13.3. The molecule has 4 rings (SSSR count). The summed E-state index contributed by atoms with van der Waals surface area (Å²) in [6, 6.07) is 13.3. The molecule has 0 aromatic heterocycles. The Kier molecular flexibility index (Phi) is 6.01. The maximum absolute atomic E-state index is 13.3. The summed E-state index contributed by atoms with van der Waals surface area (Å²) in [4.78, 5) is 44.2. The first-order valence-corrected chi connectivity index (χ1v) is 13.1. The number of hydrogen-bond acceptors (Lipinski definition) is 5. The minimum absolute atomic E-state index is 0.0259. The van der Waals surface area contributed by atoms with Crippen molar-refractivity contribution in [1.82, 2.24) is 9.80 Å². The van der Waals surface area contributed by atoms with Crippen LogP contribution in [-0.4, -0.2) is 61.5 Å². The molecule has 2 heterocycles. The lowest BCUT2D eigenvalue weighted by molar-refractivity contribution is -0.132. The number of para-hydroxylation sites is 1. The van der Waals surface area contributed by atoms with Crippen LogP contribution < -0.4 is 4.90 Å². The zero-order valence-electron chi connectivity index (χ0n) is 19.8. The highest BCUT2D eigenvalue weighted by Crippen LogP contribution is 2.44. The topological polar surface area (TPSA) is 95.1 Å². The van der Waals surface area contributed by atoms with E-state index >= 15 is 0 Å². The van der Waals surface area contributed by atoms with Crippen LogP contribution in [0.15, 0.2) is 53.4 Å². The number of carbonyl (C=O) groups excluding carboxylic acids is 3. The molecule has 1 fully saturated rings. The van der Waals surface area contributed by atoms with Gasteiger partial charge < -0.3 is 9.80 Å². The fraction of sp³-hybridized carbons (Fsp3) is 0.400. The van der Waals surface area contributed by atoms with Gasteiger partial charge in [0.15, 0.2) is 9.84 Å². The number of sulfone groups is 1. The monoisotopic (exact) mass is 483 g/mol. The van der Waals surface area contributed by atoms with Crippen LogP contribution >= 0.6 is 0 Å². The Morgan fingerprint density at radius 2 is 1.76 bits per heavy atom. The SMILES string of the molecule is CC(c1ccc(S(C)(=O)=O)cc1)N(C)C(=O)CCN1C(=O)c2ccccc2N2C(=O)CCC12C. The van der Waals surface area contributed by atoms with Crippen LogP contribution in [0.4, 0.5) is 5.69 Å². The van der Waals surface area contributed by atoms with E-state index in [2.05, 4.69) is 0 Å². The second kappa shape index (κ2) is 8.54. The largest absolute Gasteiger partial charge is 0.339 e. The number of benzene rings is 2. The minimum Gasteiger partial charge on any atom is -0.339 e. The van der Waals surface area contributed by atoms with Crippen molar-refractivity contribution in [2.24, 2.45) is 0 Å². The standard InChI is InChI=1S/C25H29N3O5S/c1-17(18-9-11-19(12-10-18)34(4,32)33)26(3)22(29)14-16-27-24(31)20-7-5-6-8-21(20)28-23(30)13-15-25(27,28)2/h5-12,17H,13-16H2,1-4H3. The van der Waals surface area contributed by atoms with Crippen molar-refractivity contribution in [3.63, 3.8) is 0 Å². The van der Waals surface area contributed by atoms with E-state index in [0.29, 0.717) is 24.1 Å². The Morgan fingerprint density at radius 3 is 2.41 bits per heavy atom. The van der Waals surface area contributed by atoms with Gasteiger partial charge in [0, 0.05) is 32.7 Å². The van der Waals surface area contributed by atoms with Gasteiger partial charge >= 0.3 is 0 Å². The molecule has 180 valence electrons. The van der Waals surface area contributed by atoms with Gasteiger partial charge in [-0.05, 0) is 50.1 Å². The third kappa shape index (κ3) is 3.98. The number of nitrogens with zero attached hydrogens (tertiary/aromatic N) is 3. The van der Waals surface area contributed by atoms with Crippen LogP contribution in [0, 0.1) is 0 Å². The lowest BCUT2D eigenvalue weighted by Gasteiger charge is -2.48. The van der Waals surface area contributed by atoms with E-state index in [1.807, 2.05) is 19.9 Å². The zero-order valence-corrected chi connectivity index (χ0v) is 20.6. The first-order valence-electron chi connectivity index (χ1n) is 11.2. The number of rotatable bonds is 6. The second-order valence-electron chi connectivity index (χ2n) is 9.19. The molecule has 3 amide bonds. The summed E-state index contributed by atoms with van der Waals surface area (Å²) < 4.78 is 23.4. The molecular weight excluding hydrogens is 454 g/mol. The van der Waals surface area contributed by atoms with E-state index in [4.69, 9.17) is 0 Å². The molecule has 0 radical (unpaired) electrons. The van der Waals surface area contributed by atoms with Gasteiger partial charge in [0.2, 0.25) is 11.8 Å². The fourth-order valence-electron chi connectivity index (χ4n) is 4.86. The van der Waals surface area contributed by atoms with Crippen LogP contribution in [-0.2, 0) is 19.4 Å². The van der Waals surface area contributed by atoms with Gasteiger partial charge in [-0.2, -0.15) is 0 Å². The van der Waals surface area contributed by atoms with Crippen molar-refractivity contribution in [3.05, 3.63) is 59.7 Å². The average molecular weight is 484 g/mol. The lowest BCUT2D eigenvalue weighted by atomic mass is 9.98. The number of carbonyl (C=O) groups is 3. The maximum Gasteiger partial charge on any atom is 0.257 e. The smallest absolute Gasteiger partial charge is 0.257 e. The van der Waals surface area contributed by atoms with Gasteiger partial charge in [0.25, 0.3) is 5.91 Å². The Bertz CT molecular complexity index is 1260. The predicted octanol–water partition coefficient (Wildman–Crippen LogP) is 3.00. The number of hydrogen-bond donors (Lipinski definition) is 0. The summed E-state index contributed by atoms with van der Waals surface area (Å²) in [5, 5.41) is 0. The van der Waals surface area contributed by atoms with Crippen molar-refractivity contribution in [1.29, 1.82) is 0 Å². The first-order chi connectivity index (χ1) is 15.9. The van der Waals surface area contributed by atoms with Gasteiger partial charge in [0.05, 0.1) is 22.2 Å². The lowest BCUT2D eigenvalue weighted by Crippen LogP contribution is -2.62. The number of anilines is 1. The van der Waals surface area contributed by atoms with E-state index in [1.54, 1.807) is 52.1 Å². The molecule has 0 spiro atoms. The molecule has 2 aromatic rings. The van der Waals surface area contributed by atoms with Crippen molar-refractivity contribution >= 4 is 33.2 Å². The molecule has 8 nitrogen and oxygen atoms in total. The third-order valence-corrected chi connectivity index (χ3v) is 8.19. The Morgan fingerprint density at radius 1 is 1.12 bits per heavy atom. The van der Waals surface area contributed by atoms with Gasteiger partial charge in [0.1, 0.15) is 5.66 Å². The van der Waals surface area contributed by atoms with E-state index < -0.39 is 15.5 Å². The highest BCUT2D eigenvalue weighted by molar-refractivity contribution is 7.90. The Labute approximate surface area is 200 Å². The average Bonchev–Trinajstić information content (AvgIpc) is 3.12. The first kappa shape index (κ1) is 23.9. The molecular formula is C25H29N3O5S. The molecule has 2 unspecified atom stereocenters. The van der Waals surface area contributed by atoms with Gasteiger partial charge in [-0.3, -0.25) is 19.3 Å². The summed E-state index contributed by atoms with van der Waals surface area (Å²) >= 11 is 0. The molecule has 2 aromatic carbocycles. The summed E-state index contributed by atoms with van der Waals surface area (Å²) in [5.74, 6) is -0.350. The molecule has 2 aliphatic heterocycles. The molecule has 0 saturated carbocycles. The van der Waals surface area contributed by atoms with Crippen LogP contribution in [0.3, 0.4) is 0 Å². The molecule has 34 heavy (non-hydrogen) atoms. The van der Waals surface area contributed by atoms with Crippen molar-refractivity contribution in [2.75, 3.05) is 24.7 Å². The van der Waals surface area contributed by atoms with Crippen molar-refractivity contribution in [2.45, 2.75) is 49.7 Å². The molecule has 0 N–H and O–H groups in total. The highest BCUT2D eigenvalue weighted by Gasteiger charge is 2.52. The van der Waals surface area contributed by atoms with Crippen LogP contribution in [0.25, 0.3) is 0 Å². The minimum atomic E-state index is -3.29. The Balaban J connectivity index is 1.50.